The van der Waals surface area contributed by atoms with Crippen LogP contribution in [0.15, 0.2) is 0 Å². The van der Waals surface area contributed by atoms with Crippen LogP contribution in [0, 0.1) is 5.92 Å². The number of nitrogens with two attached hydrogens (primary N) is 1. The van der Waals surface area contributed by atoms with Crippen LogP contribution in [0.25, 0.3) is 0 Å². The number of amides is 1. The molecule has 4 heteroatoms. The third-order valence-electron chi connectivity index (χ3n) is 2.84. The molecule has 0 saturated heterocycles. The summed E-state index contributed by atoms with van der Waals surface area (Å²) in [6.07, 6.45) is 6.62. The SMILES string of the molecule is NC(=O)O[C@H](CCI)C1CCCCC1. The van der Waals surface area contributed by atoms with Crippen LogP contribution in [-0.2, 0) is 4.74 Å². The highest BCUT2D eigenvalue weighted by Gasteiger charge is 2.25. The minimum absolute atomic E-state index is 0.0599. The fourth-order valence-electron chi connectivity index (χ4n) is 2.15. The van der Waals surface area contributed by atoms with Crippen molar-refractivity contribution in [2.24, 2.45) is 11.7 Å². The molecule has 2 N–H and O–H groups in total. The molecular formula is C10H18INO2. The fraction of sp³-hybridized carbons (Fsp3) is 0.900. The van der Waals surface area contributed by atoms with E-state index < -0.39 is 6.09 Å². The summed E-state index contributed by atoms with van der Waals surface area (Å²) in [5, 5.41) is 0. The van der Waals surface area contributed by atoms with Gasteiger partial charge in [-0.15, -0.1) is 0 Å². The molecule has 82 valence electrons. The van der Waals surface area contributed by atoms with Gasteiger partial charge in [0.2, 0.25) is 0 Å². The molecule has 0 aromatic rings. The van der Waals surface area contributed by atoms with Gasteiger partial charge in [-0.3, -0.25) is 0 Å². The molecular weight excluding hydrogens is 293 g/mol. The van der Waals surface area contributed by atoms with E-state index in [-0.39, 0.29) is 6.10 Å². The molecule has 0 radical (unpaired) electrons. The smallest absolute Gasteiger partial charge is 0.404 e. The van der Waals surface area contributed by atoms with E-state index in [4.69, 9.17) is 10.5 Å². The van der Waals surface area contributed by atoms with Gasteiger partial charge in [0.15, 0.2) is 0 Å². The molecule has 1 atom stereocenters. The Kier molecular flexibility index (Phi) is 5.59. The van der Waals surface area contributed by atoms with Gasteiger partial charge in [0.25, 0.3) is 0 Å². The molecule has 3 nitrogen and oxygen atoms in total. The van der Waals surface area contributed by atoms with E-state index in [1.807, 2.05) is 0 Å². The molecule has 0 aromatic carbocycles. The Hall–Kier alpha value is 0. The second-order valence-corrected chi connectivity index (χ2v) is 4.93. The number of alkyl halides is 1. The second kappa shape index (κ2) is 6.48. The van der Waals surface area contributed by atoms with E-state index in [2.05, 4.69) is 22.6 Å². The molecule has 14 heavy (non-hydrogen) atoms. The van der Waals surface area contributed by atoms with Gasteiger partial charge in [-0.05, 0) is 25.2 Å². The quantitative estimate of drug-likeness (QED) is 0.641. The minimum atomic E-state index is -0.620. The van der Waals surface area contributed by atoms with Crippen LogP contribution < -0.4 is 5.73 Å². The lowest BCUT2D eigenvalue weighted by atomic mass is 9.84. The zero-order valence-corrected chi connectivity index (χ0v) is 10.5. The summed E-state index contributed by atoms with van der Waals surface area (Å²) in [7, 11) is 0. The molecule has 1 aliphatic rings. The summed E-state index contributed by atoms with van der Waals surface area (Å²) >= 11 is 2.31. The van der Waals surface area contributed by atoms with E-state index in [1.54, 1.807) is 0 Å². The van der Waals surface area contributed by atoms with Gasteiger partial charge in [0, 0.05) is 4.43 Å². The first-order valence-corrected chi connectivity index (χ1v) is 6.78. The molecule has 1 rings (SSSR count). The van der Waals surface area contributed by atoms with Crippen LogP contribution in [-0.4, -0.2) is 16.6 Å². The average molecular weight is 311 g/mol. The van der Waals surface area contributed by atoms with Crippen LogP contribution in [0.5, 0.6) is 0 Å². The first-order valence-electron chi connectivity index (χ1n) is 5.26. The largest absolute Gasteiger partial charge is 0.446 e. The van der Waals surface area contributed by atoms with E-state index >= 15 is 0 Å². The maximum Gasteiger partial charge on any atom is 0.404 e. The van der Waals surface area contributed by atoms with Gasteiger partial charge in [0.05, 0.1) is 0 Å². The predicted molar refractivity (Wildman–Crippen MR) is 64.5 cm³/mol. The van der Waals surface area contributed by atoms with Gasteiger partial charge >= 0.3 is 6.09 Å². The number of hydrogen-bond acceptors (Lipinski definition) is 2. The highest BCUT2D eigenvalue weighted by Crippen LogP contribution is 2.29. The van der Waals surface area contributed by atoms with Gasteiger partial charge in [-0.2, -0.15) is 0 Å². The lowest BCUT2D eigenvalue weighted by Gasteiger charge is -2.29. The second-order valence-electron chi connectivity index (χ2n) is 3.85. The van der Waals surface area contributed by atoms with Crippen molar-refractivity contribution < 1.29 is 9.53 Å². The van der Waals surface area contributed by atoms with Crippen molar-refractivity contribution in [2.75, 3.05) is 4.43 Å². The van der Waals surface area contributed by atoms with Crippen molar-refractivity contribution >= 4 is 28.7 Å². The first-order chi connectivity index (χ1) is 6.74. The zero-order chi connectivity index (χ0) is 10.4. The summed E-state index contributed by atoms with van der Waals surface area (Å²) in [4.78, 5) is 10.7. The summed E-state index contributed by atoms with van der Waals surface area (Å²) < 4.78 is 6.18. The minimum Gasteiger partial charge on any atom is -0.446 e. The van der Waals surface area contributed by atoms with Crippen LogP contribution >= 0.6 is 22.6 Å². The van der Waals surface area contributed by atoms with Crippen LogP contribution in [0.2, 0.25) is 0 Å². The average Bonchev–Trinajstić information content (AvgIpc) is 2.18. The van der Waals surface area contributed by atoms with Crippen LogP contribution in [0.3, 0.4) is 0 Å². The lowest BCUT2D eigenvalue weighted by molar-refractivity contribution is 0.0529. The van der Waals surface area contributed by atoms with Gasteiger partial charge < -0.3 is 10.5 Å². The number of primary amides is 1. The standard InChI is InChI=1S/C10H18INO2/c11-7-6-9(14-10(12)13)8-4-2-1-3-5-8/h8-9H,1-7H2,(H2,12,13)/t9-/m1/s1. The summed E-state index contributed by atoms with van der Waals surface area (Å²) in [5.41, 5.74) is 5.07. The number of carbonyl (C=O) groups is 1. The normalized spacial score (nSPS) is 20.4. The monoisotopic (exact) mass is 311 g/mol. The summed E-state index contributed by atoms with van der Waals surface area (Å²) in [5.74, 6) is 0.547. The molecule has 0 aliphatic heterocycles. The van der Waals surface area contributed by atoms with Gasteiger partial charge in [-0.25, -0.2) is 4.79 Å². The number of hydrogen-bond donors (Lipinski definition) is 1. The third-order valence-corrected chi connectivity index (χ3v) is 3.46. The van der Waals surface area contributed by atoms with Crippen molar-refractivity contribution in [3.8, 4) is 0 Å². The van der Waals surface area contributed by atoms with E-state index in [1.165, 1.54) is 32.1 Å². The number of halogens is 1. The summed E-state index contributed by atoms with van der Waals surface area (Å²) in [6, 6.07) is 0. The molecule has 1 amide bonds. The van der Waals surface area contributed by atoms with Crippen LogP contribution in [0.1, 0.15) is 38.5 Å². The predicted octanol–water partition coefficient (Wildman–Crippen LogP) is 2.86. The van der Waals surface area contributed by atoms with Crippen LogP contribution in [0.4, 0.5) is 4.79 Å². The van der Waals surface area contributed by atoms with Crippen molar-refractivity contribution in [2.45, 2.75) is 44.6 Å². The summed E-state index contributed by atoms with van der Waals surface area (Å²) in [6.45, 7) is 0. The zero-order valence-electron chi connectivity index (χ0n) is 8.38. The Labute approximate surface area is 98.9 Å². The highest BCUT2D eigenvalue weighted by atomic mass is 127. The Morgan fingerprint density at radius 3 is 2.57 bits per heavy atom. The Morgan fingerprint density at radius 1 is 1.43 bits per heavy atom. The molecule has 0 bridgehead atoms. The Bertz CT molecular complexity index is 181. The molecule has 1 saturated carbocycles. The number of ether oxygens (including phenoxy) is 1. The van der Waals surface area contributed by atoms with E-state index in [9.17, 15) is 4.79 Å². The van der Waals surface area contributed by atoms with Gasteiger partial charge in [0.1, 0.15) is 6.10 Å². The molecule has 0 unspecified atom stereocenters. The van der Waals surface area contributed by atoms with Crippen molar-refractivity contribution in [3.05, 3.63) is 0 Å². The third kappa shape index (κ3) is 4.02. The number of carbonyl (C=O) groups excluding carboxylic acids is 1. The van der Waals surface area contributed by atoms with Crippen molar-refractivity contribution in [1.29, 1.82) is 0 Å². The van der Waals surface area contributed by atoms with Crippen molar-refractivity contribution in [3.63, 3.8) is 0 Å². The molecule has 0 spiro atoms. The lowest BCUT2D eigenvalue weighted by Crippen LogP contribution is -2.31. The molecule has 1 aliphatic carbocycles. The first kappa shape index (κ1) is 12.1. The number of rotatable bonds is 4. The molecule has 1 fully saturated rings. The molecule has 0 aromatic heterocycles. The fourth-order valence-corrected chi connectivity index (χ4v) is 2.77. The Morgan fingerprint density at radius 2 is 2.07 bits per heavy atom. The van der Waals surface area contributed by atoms with Crippen molar-refractivity contribution in [1.82, 2.24) is 0 Å². The highest BCUT2D eigenvalue weighted by molar-refractivity contribution is 14.1. The van der Waals surface area contributed by atoms with E-state index in [0.29, 0.717) is 5.92 Å². The molecule has 0 heterocycles. The van der Waals surface area contributed by atoms with E-state index in [0.717, 1.165) is 10.8 Å². The Balaban J connectivity index is 2.42. The van der Waals surface area contributed by atoms with Gasteiger partial charge in [-0.1, -0.05) is 41.9 Å². The topological polar surface area (TPSA) is 52.3 Å². The maximum atomic E-state index is 10.7. The maximum absolute atomic E-state index is 10.7.